The molecule has 15 heavy (non-hydrogen) atoms. The van der Waals surface area contributed by atoms with Gasteiger partial charge in [-0.05, 0) is 57.4 Å². The summed E-state index contributed by atoms with van der Waals surface area (Å²) < 4.78 is 5.77. The van der Waals surface area contributed by atoms with Crippen molar-refractivity contribution in [1.29, 1.82) is 0 Å². The number of hydrogen-bond donors (Lipinski definition) is 1. The van der Waals surface area contributed by atoms with Gasteiger partial charge in [0.2, 0.25) is 0 Å². The summed E-state index contributed by atoms with van der Waals surface area (Å²) >= 11 is 0. The zero-order valence-corrected chi connectivity index (χ0v) is 10.8. The Bertz CT molecular complexity index is 189. The third-order valence-electron chi connectivity index (χ3n) is 3.70. The van der Waals surface area contributed by atoms with Crippen LogP contribution in [-0.2, 0) is 4.74 Å². The number of ether oxygens (including phenoxy) is 1. The largest absolute Gasteiger partial charge is 0.376 e. The second-order valence-corrected chi connectivity index (χ2v) is 5.85. The summed E-state index contributed by atoms with van der Waals surface area (Å²) in [5.74, 6) is 2.32. The van der Waals surface area contributed by atoms with Crippen molar-refractivity contribution in [1.82, 2.24) is 0 Å². The van der Waals surface area contributed by atoms with Crippen LogP contribution in [0.4, 0.5) is 0 Å². The summed E-state index contributed by atoms with van der Waals surface area (Å²) in [6.45, 7) is 10.8. The van der Waals surface area contributed by atoms with Gasteiger partial charge in [0.05, 0.1) is 5.60 Å². The highest BCUT2D eigenvalue weighted by Gasteiger charge is 2.34. The molecule has 2 nitrogen and oxygen atoms in total. The van der Waals surface area contributed by atoms with Crippen LogP contribution in [0.15, 0.2) is 0 Å². The minimum atomic E-state index is 0.0741. The average molecular weight is 213 g/mol. The summed E-state index contributed by atoms with van der Waals surface area (Å²) in [6.07, 6.45) is 3.57. The highest BCUT2D eigenvalue weighted by molar-refractivity contribution is 4.84. The molecule has 0 aliphatic carbocycles. The monoisotopic (exact) mass is 213 g/mol. The van der Waals surface area contributed by atoms with E-state index < -0.39 is 0 Å². The van der Waals surface area contributed by atoms with E-state index in [2.05, 4.69) is 27.7 Å². The van der Waals surface area contributed by atoms with Crippen LogP contribution < -0.4 is 5.73 Å². The van der Waals surface area contributed by atoms with Gasteiger partial charge in [0.25, 0.3) is 0 Å². The second kappa shape index (κ2) is 5.31. The van der Waals surface area contributed by atoms with Crippen LogP contribution in [0.3, 0.4) is 0 Å². The van der Waals surface area contributed by atoms with Crippen LogP contribution in [0.25, 0.3) is 0 Å². The van der Waals surface area contributed by atoms with Gasteiger partial charge in [0, 0.05) is 6.61 Å². The van der Waals surface area contributed by atoms with E-state index in [-0.39, 0.29) is 5.60 Å². The summed E-state index contributed by atoms with van der Waals surface area (Å²) in [7, 11) is 0. The maximum absolute atomic E-state index is 5.77. The van der Waals surface area contributed by atoms with E-state index in [4.69, 9.17) is 10.5 Å². The molecular formula is C13H27NO. The lowest BCUT2D eigenvalue weighted by Crippen LogP contribution is -2.38. The standard InChI is InChI=1S/C13H27NO/c1-10(2)12(5-7-14)11-6-8-15-13(3,4)9-11/h10-12H,5-9,14H2,1-4H3/t11-,12-/m1/s1. The van der Waals surface area contributed by atoms with Crippen molar-refractivity contribution < 1.29 is 4.74 Å². The van der Waals surface area contributed by atoms with Crippen LogP contribution in [0.1, 0.15) is 47.0 Å². The van der Waals surface area contributed by atoms with Crippen molar-refractivity contribution in [2.45, 2.75) is 52.6 Å². The maximum Gasteiger partial charge on any atom is 0.0629 e. The molecule has 2 heteroatoms. The third-order valence-corrected chi connectivity index (χ3v) is 3.70. The van der Waals surface area contributed by atoms with Gasteiger partial charge in [-0.3, -0.25) is 0 Å². The first-order valence-electron chi connectivity index (χ1n) is 6.30. The summed E-state index contributed by atoms with van der Waals surface area (Å²) in [4.78, 5) is 0. The van der Waals surface area contributed by atoms with Gasteiger partial charge in [0.15, 0.2) is 0 Å². The molecule has 0 amide bonds. The zero-order chi connectivity index (χ0) is 11.5. The quantitative estimate of drug-likeness (QED) is 0.779. The molecule has 1 saturated heterocycles. The van der Waals surface area contributed by atoms with E-state index in [0.717, 1.165) is 30.9 Å². The molecule has 1 heterocycles. The van der Waals surface area contributed by atoms with E-state index in [1.807, 2.05) is 0 Å². The Balaban J connectivity index is 2.59. The number of rotatable bonds is 4. The van der Waals surface area contributed by atoms with Crippen molar-refractivity contribution in [3.63, 3.8) is 0 Å². The molecule has 1 rings (SSSR count). The van der Waals surface area contributed by atoms with Crippen LogP contribution in [-0.4, -0.2) is 18.8 Å². The van der Waals surface area contributed by atoms with Crippen molar-refractivity contribution >= 4 is 0 Å². The molecule has 0 aromatic heterocycles. The summed E-state index contributed by atoms with van der Waals surface area (Å²) in [5, 5.41) is 0. The number of nitrogens with two attached hydrogens (primary N) is 1. The predicted octanol–water partition coefficient (Wildman–Crippen LogP) is 2.81. The van der Waals surface area contributed by atoms with E-state index in [9.17, 15) is 0 Å². The molecule has 0 unspecified atom stereocenters. The molecular weight excluding hydrogens is 186 g/mol. The van der Waals surface area contributed by atoms with Gasteiger partial charge in [-0.25, -0.2) is 0 Å². The molecule has 1 fully saturated rings. The molecule has 2 N–H and O–H groups in total. The number of hydrogen-bond acceptors (Lipinski definition) is 2. The Labute approximate surface area is 94.6 Å². The Morgan fingerprint density at radius 3 is 2.53 bits per heavy atom. The lowest BCUT2D eigenvalue weighted by molar-refractivity contribution is -0.0866. The Kier molecular flexibility index (Phi) is 4.60. The first-order chi connectivity index (χ1) is 6.96. The fourth-order valence-corrected chi connectivity index (χ4v) is 2.95. The molecule has 90 valence electrons. The topological polar surface area (TPSA) is 35.2 Å². The van der Waals surface area contributed by atoms with Crippen molar-refractivity contribution in [2.24, 2.45) is 23.5 Å². The van der Waals surface area contributed by atoms with Crippen LogP contribution in [0, 0.1) is 17.8 Å². The predicted molar refractivity (Wildman–Crippen MR) is 64.8 cm³/mol. The van der Waals surface area contributed by atoms with Gasteiger partial charge in [-0.2, -0.15) is 0 Å². The van der Waals surface area contributed by atoms with Gasteiger partial charge in [0.1, 0.15) is 0 Å². The molecule has 0 radical (unpaired) electrons. The van der Waals surface area contributed by atoms with E-state index in [0.29, 0.717) is 0 Å². The SMILES string of the molecule is CC(C)[C@@H](CCN)[C@@H]1CCOC(C)(C)C1. The smallest absolute Gasteiger partial charge is 0.0629 e. The van der Waals surface area contributed by atoms with Gasteiger partial charge < -0.3 is 10.5 Å². The van der Waals surface area contributed by atoms with Crippen molar-refractivity contribution in [2.75, 3.05) is 13.2 Å². The van der Waals surface area contributed by atoms with Crippen molar-refractivity contribution in [3.8, 4) is 0 Å². The molecule has 2 atom stereocenters. The van der Waals surface area contributed by atoms with Gasteiger partial charge >= 0.3 is 0 Å². The first-order valence-corrected chi connectivity index (χ1v) is 6.30. The minimum absolute atomic E-state index is 0.0741. The zero-order valence-electron chi connectivity index (χ0n) is 10.8. The van der Waals surface area contributed by atoms with Crippen LogP contribution in [0.5, 0.6) is 0 Å². The van der Waals surface area contributed by atoms with E-state index in [1.54, 1.807) is 0 Å². The Morgan fingerprint density at radius 1 is 1.40 bits per heavy atom. The summed E-state index contributed by atoms with van der Waals surface area (Å²) in [6, 6.07) is 0. The molecule has 0 bridgehead atoms. The lowest BCUT2D eigenvalue weighted by atomic mass is 9.73. The Morgan fingerprint density at radius 2 is 2.07 bits per heavy atom. The van der Waals surface area contributed by atoms with Crippen LogP contribution >= 0.6 is 0 Å². The van der Waals surface area contributed by atoms with E-state index in [1.165, 1.54) is 19.3 Å². The van der Waals surface area contributed by atoms with Crippen LogP contribution in [0.2, 0.25) is 0 Å². The highest BCUT2D eigenvalue weighted by atomic mass is 16.5. The minimum Gasteiger partial charge on any atom is -0.376 e. The molecule has 0 spiro atoms. The molecule has 0 saturated carbocycles. The Hall–Kier alpha value is -0.0800. The van der Waals surface area contributed by atoms with Gasteiger partial charge in [-0.1, -0.05) is 13.8 Å². The highest BCUT2D eigenvalue weighted by Crippen LogP contribution is 2.37. The first kappa shape index (κ1) is 13.0. The second-order valence-electron chi connectivity index (χ2n) is 5.85. The van der Waals surface area contributed by atoms with E-state index >= 15 is 0 Å². The fourth-order valence-electron chi connectivity index (χ4n) is 2.95. The maximum atomic E-state index is 5.77. The average Bonchev–Trinajstić information content (AvgIpc) is 2.11. The van der Waals surface area contributed by atoms with Crippen molar-refractivity contribution in [3.05, 3.63) is 0 Å². The summed E-state index contributed by atoms with van der Waals surface area (Å²) in [5.41, 5.74) is 5.78. The lowest BCUT2D eigenvalue weighted by Gasteiger charge is -2.40. The normalized spacial score (nSPS) is 28.0. The molecule has 1 aliphatic rings. The van der Waals surface area contributed by atoms with Gasteiger partial charge in [-0.15, -0.1) is 0 Å². The molecule has 1 aliphatic heterocycles. The fraction of sp³-hybridized carbons (Fsp3) is 1.00. The third kappa shape index (κ3) is 3.76. The molecule has 0 aromatic carbocycles. The molecule has 0 aromatic rings.